The van der Waals surface area contributed by atoms with Gasteiger partial charge in [0, 0.05) is 30.6 Å². The van der Waals surface area contributed by atoms with Gasteiger partial charge in [-0.15, -0.1) is 0 Å². The fraction of sp³-hybridized carbons (Fsp3) is 0.800. The van der Waals surface area contributed by atoms with Crippen LogP contribution in [-0.2, 0) is 17.6 Å². The maximum Gasteiger partial charge on any atom is 0.306 e. The Kier molecular flexibility index (Phi) is 12.6. The van der Waals surface area contributed by atoms with E-state index in [9.17, 15) is 25.2 Å². The standard InChI is InChI=1S/C40H66N6O5/c1-27-34(47)21-33(46-16-15-42-26-46)32(44-27)20-35(48)30-9-6-12-39(10-3-4-11-39)13-14-40(51,24-37(49)50)25-43-38(2)22-31(45-36(41)23-38)19-29-8-5-7-28(17-29)18-30/h5,7-8,15,17,27,30-36,43-45,47-48,51H,3-4,6,9-14,16,18-26,41H2,1-2H3,(H,49,50)/p+1/t27-,30-,31+,32+,33-,34+,35-,36+,38+,40+/m0/s1. The first-order valence-electron chi connectivity index (χ1n) is 20.1. The third-order valence-electron chi connectivity index (χ3n) is 13.6. The van der Waals surface area contributed by atoms with Gasteiger partial charge in [0.1, 0.15) is 12.6 Å². The van der Waals surface area contributed by atoms with Gasteiger partial charge in [0.15, 0.2) is 6.67 Å². The lowest BCUT2D eigenvalue weighted by Gasteiger charge is -2.45. The Bertz CT molecular complexity index is 1330. The number of β-amino-alcohol motifs (C(OH)–C–C–N with tert-alkyl or cyclic N) is 1. The van der Waals surface area contributed by atoms with Crippen molar-refractivity contribution in [3.63, 3.8) is 0 Å². The zero-order valence-corrected chi connectivity index (χ0v) is 31.2. The van der Waals surface area contributed by atoms with Gasteiger partial charge in [0.2, 0.25) is 0 Å². The van der Waals surface area contributed by atoms with Crippen LogP contribution in [-0.4, -0.2) is 106 Å². The minimum atomic E-state index is -1.34. The summed E-state index contributed by atoms with van der Waals surface area (Å²) in [6.45, 7) is 6.01. The van der Waals surface area contributed by atoms with E-state index < -0.39 is 23.8 Å². The molecule has 0 radical (unpaired) electrons. The lowest BCUT2D eigenvalue weighted by atomic mass is 9.73. The Morgan fingerprint density at radius 3 is 2.55 bits per heavy atom. The number of aliphatic imine (C=N–C) groups is 1. The van der Waals surface area contributed by atoms with Gasteiger partial charge >= 0.3 is 5.97 Å². The molecule has 3 fully saturated rings. The summed E-state index contributed by atoms with van der Waals surface area (Å²) >= 11 is 0. The first kappa shape index (κ1) is 38.8. The van der Waals surface area contributed by atoms with Crippen LogP contribution >= 0.6 is 0 Å². The fourth-order valence-corrected chi connectivity index (χ4v) is 10.6. The van der Waals surface area contributed by atoms with Gasteiger partial charge in [-0.05, 0) is 107 Å². The number of carboxylic acids is 1. The molecule has 1 spiro atoms. The van der Waals surface area contributed by atoms with Gasteiger partial charge < -0.3 is 41.7 Å². The van der Waals surface area contributed by atoms with Crippen LogP contribution in [0.5, 0.6) is 0 Å². The van der Waals surface area contributed by atoms with Crippen molar-refractivity contribution in [1.29, 1.82) is 0 Å². The van der Waals surface area contributed by atoms with Gasteiger partial charge in [-0.3, -0.25) is 10.1 Å². The highest BCUT2D eigenvalue weighted by Gasteiger charge is 2.44. The number of hydrogen-bond acceptors (Lipinski definition) is 9. The molecule has 11 heteroatoms. The Hall–Kier alpha value is -1.96. The number of nitrogens with zero attached hydrogens (tertiary/aromatic N) is 1. The third kappa shape index (κ3) is 10.2. The molecular formula is C40H67N6O5+. The second-order valence-corrected chi connectivity index (χ2v) is 17.8. The van der Waals surface area contributed by atoms with Crippen LogP contribution in [0, 0.1) is 11.3 Å². The second kappa shape index (κ2) is 16.6. The molecule has 4 bridgehead atoms. The van der Waals surface area contributed by atoms with Crippen LogP contribution in [0.2, 0.25) is 0 Å². The topological polar surface area (TPSA) is 177 Å². The average molecular weight is 712 g/mol. The lowest BCUT2D eigenvalue weighted by Crippen LogP contribution is -3.16. The van der Waals surface area contributed by atoms with Crippen molar-refractivity contribution in [3.05, 3.63) is 35.4 Å². The minimum Gasteiger partial charge on any atom is -0.481 e. The van der Waals surface area contributed by atoms with Gasteiger partial charge in [0.05, 0.1) is 42.7 Å². The summed E-state index contributed by atoms with van der Waals surface area (Å²) in [6, 6.07) is 9.23. The Morgan fingerprint density at radius 2 is 1.82 bits per heavy atom. The first-order valence-corrected chi connectivity index (χ1v) is 20.1. The van der Waals surface area contributed by atoms with Gasteiger partial charge in [0.25, 0.3) is 0 Å². The molecule has 1 saturated carbocycles. The van der Waals surface area contributed by atoms with Crippen molar-refractivity contribution in [2.24, 2.45) is 22.1 Å². The molecule has 1 aliphatic carbocycles. The monoisotopic (exact) mass is 712 g/mol. The number of nitrogens with one attached hydrogen (secondary N) is 4. The summed E-state index contributed by atoms with van der Waals surface area (Å²) in [6.07, 6.45) is 13.8. The Balaban J connectivity index is 1.26. The van der Waals surface area contributed by atoms with E-state index in [-0.39, 0.29) is 60.2 Å². The van der Waals surface area contributed by atoms with E-state index >= 15 is 0 Å². The fourth-order valence-electron chi connectivity index (χ4n) is 10.6. The van der Waals surface area contributed by atoms with E-state index in [0.717, 1.165) is 71.0 Å². The number of aliphatic carboxylic acids is 1. The summed E-state index contributed by atoms with van der Waals surface area (Å²) in [4.78, 5) is 17.9. The van der Waals surface area contributed by atoms with E-state index in [1.54, 1.807) is 0 Å². The molecule has 1 aromatic carbocycles. The van der Waals surface area contributed by atoms with Crippen LogP contribution < -0.4 is 26.6 Å². The highest BCUT2D eigenvalue weighted by atomic mass is 16.4. The molecule has 4 heterocycles. The number of nitrogens with two attached hydrogens (primary N) is 1. The predicted octanol–water partition coefficient (Wildman–Crippen LogP) is 1.66. The van der Waals surface area contributed by atoms with Crippen molar-refractivity contribution in [3.8, 4) is 0 Å². The van der Waals surface area contributed by atoms with Crippen LogP contribution in [0.25, 0.3) is 0 Å². The molecule has 1 aromatic rings. The van der Waals surface area contributed by atoms with Crippen LogP contribution in [0.4, 0.5) is 0 Å². The molecule has 10 N–H and O–H groups in total. The van der Waals surface area contributed by atoms with Crippen molar-refractivity contribution in [2.45, 2.75) is 170 Å². The zero-order valence-electron chi connectivity index (χ0n) is 31.2. The summed E-state index contributed by atoms with van der Waals surface area (Å²) in [5.41, 5.74) is 7.45. The smallest absolute Gasteiger partial charge is 0.306 e. The number of fused-ring (bicyclic) bond motifs is 4. The highest BCUT2D eigenvalue weighted by molar-refractivity contribution is 5.68. The maximum atomic E-state index is 12.1. The van der Waals surface area contributed by atoms with Crippen molar-refractivity contribution in [1.82, 2.24) is 16.0 Å². The molecule has 11 nitrogen and oxygen atoms in total. The summed E-state index contributed by atoms with van der Waals surface area (Å²) in [5.74, 6) is -0.897. The second-order valence-electron chi connectivity index (χ2n) is 17.8. The molecule has 0 amide bonds. The number of piperidine rings is 2. The Labute approximate surface area is 305 Å². The highest BCUT2D eigenvalue weighted by Crippen LogP contribution is 2.47. The molecule has 286 valence electrons. The van der Waals surface area contributed by atoms with Gasteiger partial charge in [-0.25, -0.2) is 4.99 Å². The number of quaternary nitrogens is 1. The van der Waals surface area contributed by atoms with Crippen molar-refractivity contribution in [2.75, 3.05) is 19.8 Å². The SMILES string of the molecule is C[C@@H]1N[C@H](C[C@H](O)[C@H]2CCCC3(CCCC3)CC[C@@](O)(CC(=O)O)CN[C@]3(C)C[C@@H](Cc4cccc(c4)C2)N[C@@H](N)C3)[C@@H]([NH+]2CC=NC2)C[C@H]1O. The molecule has 4 aliphatic heterocycles. The number of rotatable bonds is 6. The van der Waals surface area contributed by atoms with Crippen LogP contribution in [0.15, 0.2) is 29.3 Å². The third-order valence-corrected chi connectivity index (χ3v) is 13.6. The first-order chi connectivity index (χ1) is 24.3. The zero-order chi connectivity index (χ0) is 36.2. The lowest BCUT2D eigenvalue weighted by molar-refractivity contribution is -0.914. The number of carboxylic acid groups (broad SMARTS) is 1. The van der Waals surface area contributed by atoms with Crippen LogP contribution in [0.1, 0.15) is 115 Å². The van der Waals surface area contributed by atoms with E-state index in [1.807, 2.05) is 13.1 Å². The normalized spacial score (nSPS) is 40.0. The van der Waals surface area contributed by atoms with Gasteiger partial charge in [-0.1, -0.05) is 43.5 Å². The quantitative estimate of drug-likeness (QED) is 0.213. The molecular weight excluding hydrogens is 644 g/mol. The summed E-state index contributed by atoms with van der Waals surface area (Å²) < 4.78 is 0. The van der Waals surface area contributed by atoms with E-state index in [2.05, 4.69) is 52.1 Å². The van der Waals surface area contributed by atoms with E-state index in [1.165, 1.54) is 28.9 Å². The van der Waals surface area contributed by atoms with E-state index in [4.69, 9.17) is 5.73 Å². The number of hydrogen-bond donors (Lipinski definition) is 9. The summed E-state index contributed by atoms with van der Waals surface area (Å²) in [5, 5.41) is 55.6. The van der Waals surface area contributed by atoms with Gasteiger partial charge in [-0.2, -0.15) is 0 Å². The molecule has 6 rings (SSSR count). The molecule has 1 unspecified atom stereocenters. The van der Waals surface area contributed by atoms with Crippen LogP contribution in [0.3, 0.4) is 0 Å². The minimum absolute atomic E-state index is 0.0242. The van der Waals surface area contributed by atoms with Crippen molar-refractivity contribution >= 4 is 12.2 Å². The predicted molar refractivity (Wildman–Crippen MR) is 200 cm³/mol. The van der Waals surface area contributed by atoms with Crippen molar-refractivity contribution < 1.29 is 30.1 Å². The van der Waals surface area contributed by atoms with E-state index in [0.29, 0.717) is 25.7 Å². The Morgan fingerprint density at radius 1 is 1.08 bits per heavy atom. The number of aliphatic hydroxyl groups is 3. The summed E-state index contributed by atoms with van der Waals surface area (Å²) in [7, 11) is 0. The molecule has 2 saturated heterocycles. The molecule has 0 aromatic heterocycles. The molecule has 51 heavy (non-hydrogen) atoms. The molecule has 11 atom stereocenters. The number of carbonyl (C=O) groups is 1. The largest absolute Gasteiger partial charge is 0.481 e. The average Bonchev–Trinajstić information content (AvgIpc) is 3.77. The molecule has 5 aliphatic rings. The maximum absolute atomic E-state index is 12.1. The number of benzene rings is 1. The number of aliphatic hydroxyl groups excluding tert-OH is 2.